The fraction of sp³-hybridized carbons (Fsp3) is 0.400. The first-order valence-corrected chi connectivity index (χ1v) is 6.85. The molecule has 106 valence electrons. The van der Waals surface area contributed by atoms with E-state index in [0.717, 1.165) is 40.6 Å². The molecule has 0 fully saturated rings. The van der Waals surface area contributed by atoms with Crippen molar-refractivity contribution in [1.29, 1.82) is 0 Å². The molecular weight excluding hydrogens is 254 g/mol. The summed E-state index contributed by atoms with van der Waals surface area (Å²) in [6.45, 7) is 6.62. The number of aryl methyl sites for hydroxylation is 1. The Morgan fingerprint density at radius 1 is 1.20 bits per heavy atom. The highest BCUT2D eigenvalue weighted by Crippen LogP contribution is 2.36. The van der Waals surface area contributed by atoms with Crippen molar-refractivity contribution in [2.75, 3.05) is 19.8 Å². The summed E-state index contributed by atoms with van der Waals surface area (Å²) in [5.74, 6) is 1.61. The normalized spacial score (nSPS) is 13.6. The van der Waals surface area contributed by atoms with Gasteiger partial charge in [-0.25, -0.2) is 0 Å². The van der Waals surface area contributed by atoms with Crippen LogP contribution in [-0.2, 0) is 6.54 Å². The van der Waals surface area contributed by atoms with E-state index in [1.807, 2.05) is 23.7 Å². The van der Waals surface area contributed by atoms with E-state index >= 15 is 0 Å². The highest BCUT2D eigenvalue weighted by Gasteiger charge is 2.17. The Kier molecular flexibility index (Phi) is 3.36. The molecule has 20 heavy (non-hydrogen) atoms. The van der Waals surface area contributed by atoms with Crippen molar-refractivity contribution in [3.63, 3.8) is 0 Å². The first-order valence-electron chi connectivity index (χ1n) is 6.85. The lowest BCUT2D eigenvalue weighted by Crippen LogP contribution is -2.15. The fourth-order valence-corrected chi connectivity index (χ4v) is 2.65. The van der Waals surface area contributed by atoms with E-state index in [4.69, 9.17) is 15.2 Å². The molecule has 5 heteroatoms. The molecule has 0 radical (unpaired) electrons. The van der Waals surface area contributed by atoms with Crippen LogP contribution in [0.2, 0.25) is 0 Å². The molecule has 0 unspecified atom stereocenters. The molecule has 3 rings (SSSR count). The minimum atomic E-state index is 0.586. The van der Waals surface area contributed by atoms with Gasteiger partial charge >= 0.3 is 0 Å². The van der Waals surface area contributed by atoms with Crippen LogP contribution < -0.4 is 15.2 Å². The molecule has 2 N–H and O–H groups in total. The Bertz CT molecular complexity index is 634. The number of rotatable bonds is 3. The van der Waals surface area contributed by atoms with Gasteiger partial charge in [0.25, 0.3) is 0 Å². The second kappa shape index (κ2) is 5.17. The third kappa shape index (κ3) is 2.14. The van der Waals surface area contributed by atoms with Crippen LogP contribution in [0.15, 0.2) is 18.2 Å². The molecular formula is C15H19N3O2. The van der Waals surface area contributed by atoms with E-state index in [1.165, 1.54) is 0 Å². The van der Waals surface area contributed by atoms with Crippen LogP contribution >= 0.6 is 0 Å². The minimum Gasteiger partial charge on any atom is -0.486 e. The third-order valence-corrected chi connectivity index (χ3v) is 3.55. The molecule has 0 saturated heterocycles. The van der Waals surface area contributed by atoms with Crippen LogP contribution in [0.3, 0.4) is 0 Å². The summed E-state index contributed by atoms with van der Waals surface area (Å²) in [6, 6.07) is 6.04. The van der Waals surface area contributed by atoms with Gasteiger partial charge in [0.1, 0.15) is 13.2 Å². The maximum Gasteiger partial charge on any atom is 0.161 e. The number of nitrogens with two attached hydrogens (primary N) is 1. The van der Waals surface area contributed by atoms with Crippen molar-refractivity contribution in [2.24, 2.45) is 5.73 Å². The summed E-state index contributed by atoms with van der Waals surface area (Å²) in [5.41, 5.74) is 10.0. The first-order chi connectivity index (χ1) is 9.70. The van der Waals surface area contributed by atoms with E-state index in [-0.39, 0.29) is 0 Å². The van der Waals surface area contributed by atoms with Crippen LogP contribution in [0.5, 0.6) is 11.5 Å². The number of ether oxygens (including phenoxy) is 2. The van der Waals surface area contributed by atoms with Crippen molar-refractivity contribution in [1.82, 2.24) is 9.78 Å². The number of fused-ring (bicyclic) bond motifs is 1. The molecule has 1 aromatic heterocycles. The van der Waals surface area contributed by atoms with Gasteiger partial charge in [-0.05, 0) is 31.5 Å². The number of hydrogen-bond donors (Lipinski definition) is 1. The standard InChI is InChI=1S/C15H19N3O2/c1-10-15(11(2)18(17-10)6-5-16)12-3-4-13-14(9-12)20-8-7-19-13/h3-4,9H,5-8,16H2,1-2H3. The number of aromatic nitrogens is 2. The van der Waals surface area contributed by atoms with Crippen LogP contribution in [0.1, 0.15) is 11.4 Å². The molecule has 5 nitrogen and oxygen atoms in total. The van der Waals surface area contributed by atoms with Crippen molar-refractivity contribution >= 4 is 0 Å². The summed E-state index contributed by atoms with van der Waals surface area (Å²) < 4.78 is 13.2. The average molecular weight is 273 g/mol. The van der Waals surface area contributed by atoms with Crippen LogP contribution in [0, 0.1) is 13.8 Å². The van der Waals surface area contributed by atoms with Gasteiger partial charge < -0.3 is 15.2 Å². The number of nitrogens with zero attached hydrogens (tertiary/aromatic N) is 2. The first kappa shape index (κ1) is 13.0. The monoisotopic (exact) mass is 273 g/mol. The zero-order valence-corrected chi connectivity index (χ0v) is 11.8. The minimum absolute atomic E-state index is 0.586. The Hall–Kier alpha value is -2.01. The SMILES string of the molecule is Cc1nn(CCN)c(C)c1-c1ccc2c(c1)OCCO2. The van der Waals surface area contributed by atoms with Crippen molar-refractivity contribution in [3.8, 4) is 22.6 Å². The zero-order chi connectivity index (χ0) is 14.1. The summed E-state index contributed by atoms with van der Waals surface area (Å²) in [7, 11) is 0. The van der Waals surface area contributed by atoms with Gasteiger partial charge in [0.15, 0.2) is 11.5 Å². The van der Waals surface area contributed by atoms with Crippen LogP contribution in [0.4, 0.5) is 0 Å². The average Bonchev–Trinajstić information content (AvgIpc) is 2.73. The second-order valence-electron chi connectivity index (χ2n) is 4.92. The van der Waals surface area contributed by atoms with Gasteiger partial charge in [-0.15, -0.1) is 0 Å². The molecule has 0 atom stereocenters. The van der Waals surface area contributed by atoms with Crippen LogP contribution in [-0.4, -0.2) is 29.5 Å². The summed E-state index contributed by atoms with van der Waals surface area (Å²) in [6.07, 6.45) is 0. The summed E-state index contributed by atoms with van der Waals surface area (Å²) >= 11 is 0. The maximum absolute atomic E-state index is 5.65. The topological polar surface area (TPSA) is 62.3 Å². The van der Waals surface area contributed by atoms with Gasteiger partial charge in [-0.3, -0.25) is 4.68 Å². The lowest BCUT2D eigenvalue weighted by atomic mass is 10.0. The van der Waals surface area contributed by atoms with Gasteiger partial charge in [0.2, 0.25) is 0 Å². The number of benzene rings is 1. The predicted octanol–water partition coefficient (Wildman–Crippen LogP) is 1.90. The molecule has 0 spiro atoms. The molecule has 0 amide bonds. The number of hydrogen-bond acceptors (Lipinski definition) is 4. The molecule has 0 saturated carbocycles. The van der Waals surface area contributed by atoms with E-state index < -0.39 is 0 Å². The smallest absolute Gasteiger partial charge is 0.161 e. The Balaban J connectivity index is 2.04. The molecule has 0 aliphatic carbocycles. The Morgan fingerprint density at radius 2 is 1.95 bits per heavy atom. The van der Waals surface area contributed by atoms with Gasteiger partial charge in [0, 0.05) is 17.8 Å². The molecule has 1 aromatic carbocycles. The lowest BCUT2D eigenvalue weighted by molar-refractivity contribution is 0.171. The van der Waals surface area contributed by atoms with E-state index in [9.17, 15) is 0 Å². The van der Waals surface area contributed by atoms with Gasteiger partial charge in [0.05, 0.1) is 12.2 Å². The Labute approximate surface area is 118 Å². The molecule has 2 heterocycles. The van der Waals surface area contributed by atoms with Crippen molar-refractivity contribution in [2.45, 2.75) is 20.4 Å². The lowest BCUT2D eigenvalue weighted by Gasteiger charge is -2.19. The zero-order valence-electron chi connectivity index (χ0n) is 11.8. The maximum atomic E-state index is 5.65. The fourth-order valence-electron chi connectivity index (χ4n) is 2.65. The van der Waals surface area contributed by atoms with E-state index in [0.29, 0.717) is 19.8 Å². The Morgan fingerprint density at radius 3 is 2.70 bits per heavy atom. The molecule has 1 aliphatic rings. The third-order valence-electron chi connectivity index (χ3n) is 3.55. The van der Waals surface area contributed by atoms with E-state index in [1.54, 1.807) is 0 Å². The van der Waals surface area contributed by atoms with E-state index in [2.05, 4.69) is 18.1 Å². The molecule has 1 aliphatic heterocycles. The quantitative estimate of drug-likeness (QED) is 0.927. The summed E-state index contributed by atoms with van der Waals surface area (Å²) in [4.78, 5) is 0. The molecule has 0 bridgehead atoms. The van der Waals surface area contributed by atoms with Crippen molar-refractivity contribution < 1.29 is 9.47 Å². The highest BCUT2D eigenvalue weighted by atomic mass is 16.6. The summed E-state index contributed by atoms with van der Waals surface area (Å²) in [5, 5.41) is 4.55. The second-order valence-corrected chi connectivity index (χ2v) is 4.92. The van der Waals surface area contributed by atoms with Crippen molar-refractivity contribution in [3.05, 3.63) is 29.6 Å². The molecule has 2 aromatic rings. The van der Waals surface area contributed by atoms with Gasteiger partial charge in [-0.1, -0.05) is 6.07 Å². The highest BCUT2D eigenvalue weighted by molar-refractivity contribution is 5.71. The van der Waals surface area contributed by atoms with Crippen LogP contribution in [0.25, 0.3) is 11.1 Å². The van der Waals surface area contributed by atoms with Gasteiger partial charge in [-0.2, -0.15) is 5.10 Å². The predicted molar refractivity (Wildman–Crippen MR) is 77.2 cm³/mol. The largest absolute Gasteiger partial charge is 0.486 e.